The number of rotatable bonds is 5. The van der Waals surface area contributed by atoms with Crippen LogP contribution in [0, 0.1) is 17.0 Å². The topological polar surface area (TPSA) is 114 Å². The third-order valence-electron chi connectivity index (χ3n) is 4.38. The van der Waals surface area contributed by atoms with Gasteiger partial charge in [0.25, 0.3) is 5.69 Å². The molecule has 10 heteroatoms. The summed E-state index contributed by atoms with van der Waals surface area (Å²) in [5.74, 6) is 1.04. The van der Waals surface area contributed by atoms with E-state index in [2.05, 4.69) is 0 Å². The highest BCUT2D eigenvalue weighted by atomic mass is 32.2. The van der Waals surface area contributed by atoms with Gasteiger partial charge in [-0.05, 0) is 31.2 Å². The van der Waals surface area contributed by atoms with Crippen LogP contribution in [-0.4, -0.2) is 54.6 Å². The molecule has 28 heavy (non-hydrogen) atoms. The largest absolute Gasteiger partial charge is 0.462 e. The maximum absolute atomic E-state index is 12.8. The molecular formula is C18H19N3O6S. The fourth-order valence-corrected chi connectivity index (χ4v) is 4.50. The van der Waals surface area contributed by atoms with Gasteiger partial charge in [-0.3, -0.25) is 14.9 Å². The van der Waals surface area contributed by atoms with Crippen molar-refractivity contribution in [2.45, 2.75) is 11.8 Å². The first-order chi connectivity index (χ1) is 13.3. The number of carbonyl (C=O) groups is 1. The van der Waals surface area contributed by atoms with Crippen LogP contribution in [0.3, 0.4) is 0 Å². The van der Waals surface area contributed by atoms with Crippen LogP contribution in [-0.2, 0) is 14.8 Å². The summed E-state index contributed by atoms with van der Waals surface area (Å²) in [4.78, 5) is 23.9. The number of nitrogens with zero attached hydrogens (tertiary/aromatic N) is 3. The summed E-state index contributed by atoms with van der Waals surface area (Å²) in [5, 5.41) is 11.1. The van der Waals surface area contributed by atoms with E-state index in [-0.39, 0.29) is 37.0 Å². The van der Waals surface area contributed by atoms with Gasteiger partial charge in [0.15, 0.2) is 4.90 Å². The molecule has 1 fully saturated rings. The molecule has 148 valence electrons. The standard InChI is InChI=1S/C18H19N3O6S/c1-14-6-7-15(27-14)8-9-18(22)19-10-12-20(13-11-19)28(25,26)17-5-3-2-4-16(17)21(23)24/h2-9H,10-13H2,1H3/b9-8+. The summed E-state index contributed by atoms with van der Waals surface area (Å²) < 4.78 is 32.1. The lowest BCUT2D eigenvalue weighted by atomic mass is 10.3. The predicted molar refractivity (Wildman–Crippen MR) is 101 cm³/mol. The molecule has 0 spiro atoms. The molecule has 1 aromatic heterocycles. The van der Waals surface area contributed by atoms with E-state index < -0.39 is 20.6 Å². The van der Waals surface area contributed by atoms with Gasteiger partial charge in [0.05, 0.1) is 4.92 Å². The number of hydrogen-bond acceptors (Lipinski definition) is 6. The molecule has 1 saturated heterocycles. The van der Waals surface area contributed by atoms with Crippen molar-refractivity contribution < 1.29 is 22.6 Å². The monoisotopic (exact) mass is 405 g/mol. The number of furan rings is 1. The van der Waals surface area contributed by atoms with Crippen LogP contribution in [0.15, 0.2) is 51.8 Å². The number of para-hydroxylation sites is 1. The van der Waals surface area contributed by atoms with Crippen LogP contribution in [0.25, 0.3) is 6.08 Å². The summed E-state index contributed by atoms with van der Waals surface area (Å²) in [7, 11) is -4.02. The molecule has 0 radical (unpaired) electrons. The lowest BCUT2D eigenvalue weighted by Gasteiger charge is -2.33. The average molecular weight is 405 g/mol. The second kappa shape index (κ2) is 7.95. The number of nitro groups is 1. The maximum Gasteiger partial charge on any atom is 0.289 e. The van der Waals surface area contributed by atoms with E-state index >= 15 is 0 Å². The van der Waals surface area contributed by atoms with Gasteiger partial charge in [0, 0.05) is 38.3 Å². The van der Waals surface area contributed by atoms with Crippen molar-refractivity contribution in [1.82, 2.24) is 9.21 Å². The van der Waals surface area contributed by atoms with E-state index in [1.54, 1.807) is 25.1 Å². The molecule has 0 aliphatic carbocycles. The molecule has 0 N–H and O–H groups in total. The van der Waals surface area contributed by atoms with E-state index in [9.17, 15) is 23.3 Å². The van der Waals surface area contributed by atoms with E-state index in [4.69, 9.17) is 4.42 Å². The first-order valence-electron chi connectivity index (χ1n) is 8.56. The number of piperazine rings is 1. The fraction of sp³-hybridized carbons (Fsp3) is 0.278. The van der Waals surface area contributed by atoms with Crippen molar-refractivity contribution in [1.29, 1.82) is 0 Å². The summed E-state index contributed by atoms with van der Waals surface area (Å²) >= 11 is 0. The van der Waals surface area contributed by atoms with Crippen molar-refractivity contribution in [3.05, 3.63) is 64.1 Å². The smallest absolute Gasteiger partial charge is 0.289 e. The number of benzene rings is 1. The van der Waals surface area contributed by atoms with Gasteiger partial charge in [0.1, 0.15) is 11.5 Å². The second-order valence-electron chi connectivity index (χ2n) is 6.24. The number of carbonyl (C=O) groups excluding carboxylic acids is 1. The predicted octanol–water partition coefficient (Wildman–Crippen LogP) is 2.04. The van der Waals surface area contributed by atoms with Gasteiger partial charge >= 0.3 is 0 Å². The van der Waals surface area contributed by atoms with Crippen LogP contribution in [0.5, 0.6) is 0 Å². The Morgan fingerprint density at radius 2 is 1.82 bits per heavy atom. The Bertz CT molecular complexity index is 1020. The molecule has 0 unspecified atom stereocenters. The van der Waals surface area contributed by atoms with Gasteiger partial charge in [-0.15, -0.1) is 0 Å². The van der Waals surface area contributed by atoms with Crippen molar-refractivity contribution >= 4 is 27.7 Å². The Morgan fingerprint density at radius 3 is 2.43 bits per heavy atom. The SMILES string of the molecule is Cc1ccc(/C=C/C(=O)N2CCN(S(=O)(=O)c3ccccc3[N+](=O)[O-])CC2)o1. The van der Waals surface area contributed by atoms with Crippen LogP contribution in [0.1, 0.15) is 11.5 Å². The van der Waals surface area contributed by atoms with Gasteiger partial charge in [-0.1, -0.05) is 12.1 Å². The quantitative estimate of drug-likeness (QED) is 0.427. The van der Waals surface area contributed by atoms with Crippen molar-refractivity contribution in [3.63, 3.8) is 0 Å². The molecule has 0 atom stereocenters. The van der Waals surface area contributed by atoms with Gasteiger partial charge in [-0.2, -0.15) is 4.31 Å². The maximum atomic E-state index is 12.8. The van der Waals surface area contributed by atoms with Crippen LogP contribution < -0.4 is 0 Å². The number of aryl methyl sites for hydroxylation is 1. The third kappa shape index (κ3) is 4.12. The molecule has 1 amide bonds. The van der Waals surface area contributed by atoms with Crippen LogP contribution >= 0.6 is 0 Å². The normalized spacial score (nSPS) is 15.8. The molecular weight excluding hydrogens is 386 g/mol. The first kappa shape index (κ1) is 19.8. The molecule has 2 aromatic rings. The Hall–Kier alpha value is -2.98. The fourth-order valence-electron chi connectivity index (χ4n) is 2.92. The summed E-state index contributed by atoms with van der Waals surface area (Å²) in [5.41, 5.74) is -0.460. The minimum Gasteiger partial charge on any atom is -0.462 e. The highest BCUT2D eigenvalue weighted by molar-refractivity contribution is 7.89. The second-order valence-corrected chi connectivity index (χ2v) is 8.14. The Labute approximate surface area is 162 Å². The molecule has 2 heterocycles. The van der Waals surface area contributed by atoms with Crippen LogP contribution in [0.4, 0.5) is 5.69 Å². The molecule has 1 aliphatic heterocycles. The van der Waals surface area contributed by atoms with Gasteiger partial charge in [-0.25, -0.2) is 8.42 Å². The van der Waals surface area contributed by atoms with Crippen molar-refractivity contribution in [2.75, 3.05) is 26.2 Å². The van der Waals surface area contributed by atoms with Crippen molar-refractivity contribution in [3.8, 4) is 0 Å². The first-order valence-corrected chi connectivity index (χ1v) is 10.00. The molecule has 1 aliphatic rings. The highest BCUT2D eigenvalue weighted by Gasteiger charge is 2.34. The Kier molecular flexibility index (Phi) is 5.61. The van der Waals surface area contributed by atoms with Crippen LogP contribution in [0.2, 0.25) is 0 Å². The summed E-state index contributed by atoms with van der Waals surface area (Å²) in [6, 6.07) is 8.78. The van der Waals surface area contributed by atoms with Gasteiger partial charge in [0.2, 0.25) is 15.9 Å². The zero-order chi connectivity index (χ0) is 20.3. The van der Waals surface area contributed by atoms with E-state index in [0.29, 0.717) is 5.76 Å². The van der Waals surface area contributed by atoms with Gasteiger partial charge < -0.3 is 9.32 Å². The summed E-state index contributed by atoms with van der Waals surface area (Å²) in [6.45, 7) is 2.32. The molecule has 1 aromatic carbocycles. The number of amides is 1. The van der Waals surface area contributed by atoms with Crippen molar-refractivity contribution in [2.24, 2.45) is 0 Å². The lowest BCUT2D eigenvalue weighted by molar-refractivity contribution is -0.387. The molecule has 0 saturated carbocycles. The third-order valence-corrected chi connectivity index (χ3v) is 6.33. The molecule has 3 rings (SSSR count). The Morgan fingerprint density at radius 1 is 1.14 bits per heavy atom. The minimum absolute atomic E-state index is 0.0633. The van der Waals surface area contributed by atoms with E-state index in [1.807, 2.05) is 0 Å². The minimum atomic E-state index is -4.02. The molecule has 0 bridgehead atoms. The van der Waals surface area contributed by atoms with E-state index in [1.165, 1.54) is 33.5 Å². The zero-order valence-electron chi connectivity index (χ0n) is 15.1. The average Bonchev–Trinajstić information content (AvgIpc) is 3.11. The number of hydrogen-bond donors (Lipinski definition) is 0. The van der Waals surface area contributed by atoms with E-state index in [0.717, 1.165) is 11.8 Å². The number of sulfonamides is 1. The zero-order valence-corrected chi connectivity index (χ0v) is 16.0. The molecule has 9 nitrogen and oxygen atoms in total. The summed E-state index contributed by atoms with van der Waals surface area (Å²) in [6.07, 6.45) is 2.94. The highest BCUT2D eigenvalue weighted by Crippen LogP contribution is 2.26. The number of nitro benzene ring substituents is 1. The Balaban J connectivity index is 1.67. The lowest BCUT2D eigenvalue weighted by Crippen LogP contribution is -2.50.